The van der Waals surface area contributed by atoms with E-state index in [1.165, 1.54) is 12.3 Å². The molecule has 2 amide bonds. The number of pyridine rings is 1. The van der Waals surface area contributed by atoms with Crippen LogP contribution in [-0.2, 0) is 11.2 Å². The number of likely N-dealkylation sites (tertiary alicyclic amines) is 1. The number of nitrogens with zero attached hydrogens (tertiary/aromatic N) is 3. The molecule has 0 spiro atoms. The van der Waals surface area contributed by atoms with Crippen LogP contribution < -0.4 is 10.9 Å². The zero-order chi connectivity index (χ0) is 17.6. The normalized spacial score (nSPS) is 16.2. The second-order valence-corrected chi connectivity index (χ2v) is 5.88. The number of aryl methyl sites for hydroxylation is 1. The van der Waals surface area contributed by atoms with Crippen LogP contribution in [0.3, 0.4) is 0 Å². The zero-order valence-electron chi connectivity index (χ0n) is 13.6. The van der Waals surface area contributed by atoms with Gasteiger partial charge in [0, 0.05) is 55.9 Å². The molecule has 2 aromatic heterocycles. The first-order chi connectivity index (χ1) is 12.1. The van der Waals surface area contributed by atoms with E-state index in [1.54, 1.807) is 29.6 Å². The smallest absolute Gasteiger partial charge is 0.251 e. The monoisotopic (exact) mass is 341 g/mol. The molecular formula is C17H19N5O3. The van der Waals surface area contributed by atoms with Gasteiger partial charge in [0.05, 0.1) is 11.7 Å². The van der Waals surface area contributed by atoms with Crippen LogP contribution in [0, 0.1) is 0 Å². The van der Waals surface area contributed by atoms with Crippen molar-refractivity contribution in [3.05, 3.63) is 58.5 Å². The number of carbonyl (C=O) groups is 2. The number of rotatable bonds is 6. The standard InChI is InChI=1S/C17H19N5O3/c23-15-9-12(3-5-20-15)17(25)21-11-14-4-8-22(14)16(24)2-1-13-10-18-6-7-19-13/h3,5-7,9-10,14H,1-2,4,8,11H2,(H,20,23)(H,21,25). The van der Waals surface area contributed by atoms with E-state index in [0.717, 1.165) is 12.1 Å². The average Bonchev–Trinajstić information content (AvgIpc) is 2.60. The van der Waals surface area contributed by atoms with Gasteiger partial charge in [-0.05, 0) is 18.9 Å². The van der Waals surface area contributed by atoms with Crippen LogP contribution in [0.15, 0.2) is 41.7 Å². The van der Waals surface area contributed by atoms with Crippen molar-refractivity contribution in [1.29, 1.82) is 0 Å². The highest BCUT2D eigenvalue weighted by molar-refractivity contribution is 5.94. The molecule has 8 nitrogen and oxygen atoms in total. The maximum absolute atomic E-state index is 12.3. The Hall–Kier alpha value is -3.03. The van der Waals surface area contributed by atoms with Crippen molar-refractivity contribution in [2.45, 2.75) is 25.3 Å². The molecule has 1 aliphatic heterocycles. The van der Waals surface area contributed by atoms with Crippen LogP contribution >= 0.6 is 0 Å². The molecule has 1 saturated heterocycles. The fourth-order valence-electron chi connectivity index (χ4n) is 2.72. The number of aromatic amines is 1. The van der Waals surface area contributed by atoms with Crippen LogP contribution in [0.5, 0.6) is 0 Å². The molecule has 130 valence electrons. The van der Waals surface area contributed by atoms with E-state index in [4.69, 9.17) is 0 Å². The third-order valence-corrected chi connectivity index (χ3v) is 4.21. The molecule has 3 rings (SSSR count). The Morgan fingerprint density at radius 1 is 1.36 bits per heavy atom. The third kappa shape index (κ3) is 4.28. The molecule has 1 fully saturated rings. The van der Waals surface area contributed by atoms with Crippen molar-refractivity contribution in [3.8, 4) is 0 Å². The molecule has 2 aromatic rings. The topological polar surface area (TPSA) is 108 Å². The lowest BCUT2D eigenvalue weighted by Gasteiger charge is -2.41. The fraction of sp³-hybridized carbons (Fsp3) is 0.353. The van der Waals surface area contributed by atoms with Gasteiger partial charge >= 0.3 is 0 Å². The Kier molecular flexibility index (Phi) is 5.17. The SMILES string of the molecule is O=C(NCC1CCN1C(=O)CCc1cnccn1)c1cc[nH]c(=O)c1. The molecular weight excluding hydrogens is 322 g/mol. The van der Waals surface area contributed by atoms with Gasteiger partial charge in [-0.2, -0.15) is 0 Å². The van der Waals surface area contributed by atoms with Gasteiger partial charge in [-0.3, -0.25) is 24.4 Å². The molecule has 0 radical (unpaired) electrons. The van der Waals surface area contributed by atoms with Crippen molar-refractivity contribution in [2.24, 2.45) is 0 Å². The molecule has 8 heteroatoms. The number of carbonyl (C=O) groups excluding carboxylic acids is 2. The van der Waals surface area contributed by atoms with Crippen LogP contribution in [-0.4, -0.2) is 50.8 Å². The van der Waals surface area contributed by atoms with Crippen LogP contribution in [0.2, 0.25) is 0 Å². The lowest BCUT2D eigenvalue weighted by atomic mass is 10.0. The minimum atomic E-state index is -0.322. The number of aromatic nitrogens is 3. The minimum Gasteiger partial charge on any atom is -0.350 e. The second-order valence-electron chi connectivity index (χ2n) is 5.88. The van der Waals surface area contributed by atoms with E-state index >= 15 is 0 Å². The summed E-state index contributed by atoms with van der Waals surface area (Å²) in [6.07, 6.45) is 8.07. The highest BCUT2D eigenvalue weighted by Gasteiger charge is 2.31. The van der Waals surface area contributed by atoms with Crippen molar-refractivity contribution >= 4 is 11.8 Å². The Labute approximate surface area is 144 Å². The number of H-pyrrole nitrogens is 1. The molecule has 2 N–H and O–H groups in total. The molecule has 1 atom stereocenters. The van der Waals surface area contributed by atoms with Gasteiger partial charge in [-0.1, -0.05) is 0 Å². The van der Waals surface area contributed by atoms with Gasteiger partial charge in [-0.25, -0.2) is 0 Å². The summed E-state index contributed by atoms with van der Waals surface area (Å²) in [6.45, 7) is 1.08. The number of nitrogens with one attached hydrogen (secondary N) is 2. The summed E-state index contributed by atoms with van der Waals surface area (Å²) in [5, 5.41) is 2.78. The van der Waals surface area contributed by atoms with Gasteiger partial charge < -0.3 is 15.2 Å². The van der Waals surface area contributed by atoms with E-state index in [9.17, 15) is 14.4 Å². The molecule has 25 heavy (non-hydrogen) atoms. The summed E-state index contributed by atoms with van der Waals surface area (Å²) in [4.78, 5) is 47.9. The Bertz CT molecular complexity index is 805. The number of hydrogen-bond donors (Lipinski definition) is 2. The summed E-state index contributed by atoms with van der Waals surface area (Å²) < 4.78 is 0. The van der Waals surface area contributed by atoms with Gasteiger partial charge in [0.15, 0.2) is 0 Å². The van der Waals surface area contributed by atoms with Gasteiger partial charge in [0.25, 0.3) is 5.91 Å². The van der Waals surface area contributed by atoms with E-state index in [-0.39, 0.29) is 23.4 Å². The van der Waals surface area contributed by atoms with E-state index in [2.05, 4.69) is 20.3 Å². The summed E-state index contributed by atoms with van der Waals surface area (Å²) in [6, 6.07) is 2.79. The zero-order valence-corrected chi connectivity index (χ0v) is 13.6. The van der Waals surface area contributed by atoms with Crippen LogP contribution in [0.25, 0.3) is 0 Å². The van der Waals surface area contributed by atoms with Crippen molar-refractivity contribution in [3.63, 3.8) is 0 Å². The highest BCUT2D eigenvalue weighted by atomic mass is 16.2. The van der Waals surface area contributed by atoms with Crippen LogP contribution in [0.1, 0.15) is 28.9 Å². The molecule has 1 unspecified atom stereocenters. The Morgan fingerprint density at radius 3 is 2.92 bits per heavy atom. The summed E-state index contributed by atoms with van der Waals surface area (Å²) in [7, 11) is 0. The molecule has 0 bridgehead atoms. The largest absolute Gasteiger partial charge is 0.350 e. The van der Waals surface area contributed by atoms with Crippen molar-refractivity contribution in [2.75, 3.05) is 13.1 Å². The number of hydrogen-bond acceptors (Lipinski definition) is 5. The second kappa shape index (κ2) is 7.69. The van der Waals surface area contributed by atoms with Gasteiger partial charge in [-0.15, -0.1) is 0 Å². The summed E-state index contributed by atoms with van der Waals surface area (Å²) in [5.41, 5.74) is 0.774. The first-order valence-corrected chi connectivity index (χ1v) is 8.15. The number of amides is 2. The predicted molar refractivity (Wildman–Crippen MR) is 89.9 cm³/mol. The van der Waals surface area contributed by atoms with E-state index in [1.807, 2.05) is 0 Å². The third-order valence-electron chi connectivity index (χ3n) is 4.21. The van der Waals surface area contributed by atoms with Crippen LogP contribution in [0.4, 0.5) is 0 Å². The maximum atomic E-state index is 12.3. The van der Waals surface area contributed by atoms with Crippen molar-refractivity contribution in [1.82, 2.24) is 25.2 Å². The average molecular weight is 341 g/mol. The highest BCUT2D eigenvalue weighted by Crippen LogP contribution is 2.18. The Balaban J connectivity index is 1.46. The molecule has 1 aliphatic rings. The quantitative estimate of drug-likeness (QED) is 0.776. The summed E-state index contributed by atoms with van der Waals surface area (Å²) in [5.74, 6) is -0.266. The fourth-order valence-corrected chi connectivity index (χ4v) is 2.72. The van der Waals surface area contributed by atoms with Crippen molar-refractivity contribution < 1.29 is 9.59 Å². The molecule has 3 heterocycles. The van der Waals surface area contributed by atoms with E-state index < -0.39 is 0 Å². The molecule has 0 aliphatic carbocycles. The van der Waals surface area contributed by atoms with Gasteiger partial charge in [0.1, 0.15) is 0 Å². The predicted octanol–water partition coefficient (Wildman–Crippen LogP) is 0.128. The first-order valence-electron chi connectivity index (χ1n) is 8.15. The lowest BCUT2D eigenvalue weighted by Crippen LogP contribution is -2.56. The maximum Gasteiger partial charge on any atom is 0.251 e. The molecule has 0 aromatic carbocycles. The first kappa shape index (κ1) is 16.8. The summed E-state index contributed by atoms with van der Waals surface area (Å²) >= 11 is 0. The molecule has 0 saturated carbocycles. The lowest BCUT2D eigenvalue weighted by molar-refractivity contribution is -0.138. The van der Waals surface area contributed by atoms with Gasteiger partial charge in [0.2, 0.25) is 11.5 Å². The minimum absolute atomic E-state index is 0.000282. The Morgan fingerprint density at radius 2 is 2.24 bits per heavy atom. The van der Waals surface area contributed by atoms with E-state index in [0.29, 0.717) is 31.5 Å².